The van der Waals surface area contributed by atoms with Crippen molar-refractivity contribution in [2.45, 2.75) is 65.1 Å². The molecule has 2 unspecified atom stereocenters. The molecule has 0 radical (unpaired) electrons. The minimum Gasteiger partial charge on any atom is -0.508 e. The van der Waals surface area contributed by atoms with E-state index in [0.29, 0.717) is 16.8 Å². The van der Waals surface area contributed by atoms with Crippen molar-refractivity contribution < 1.29 is 24.2 Å². The maximum atomic E-state index is 14.3. The minimum atomic E-state index is -1.08. The number of carbonyl (C=O) groups is 3. The van der Waals surface area contributed by atoms with E-state index in [4.69, 9.17) is 4.74 Å². The lowest BCUT2D eigenvalue weighted by molar-refractivity contribution is -0.140. The van der Waals surface area contributed by atoms with Crippen molar-refractivity contribution in [2.75, 3.05) is 11.9 Å². The molecule has 0 aliphatic rings. The molecule has 42 heavy (non-hydrogen) atoms. The zero-order valence-electron chi connectivity index (χ0n) is 25.0. The second kappa shape index (κ2) is 14.3. The summed E-state index contributed by atoms with van der Waals surface area (Å²) in [4.78, 5) is 42.6. The van der Waals surface area contributed by atoms with Gasteiger partial charge >= 0.3 is 6.09 Å². The average Bonchev–Trinajstić information content (AvgIpc) is 2.94. The number of ether oxygens (including phenoxy) is 1. The Morgan fingerprint density at radius 3 is 2.17 bits per heavy atom. The Balaban J connectivity index is 2.05. The molecule has 0 saturated heterocycles. The highest BCUT2D eigenvalue weighted by molar-refractivity contribution is 5.99. The van der Waals surface area contributed by atoms with Gasteiger partial charge in [0.05, 0.1) is 0 Å². The maximum absolute atomic E-state index is 14.3. The van der Waals surface area contributed by atoms with Gasteiger partial charge in [-0.1, -0.05) is 67.6 Å². The molecule has 0 aliphatic heterocycles. The number of para-hydroxylation sites is 1. The van der Waals surface area contributed by atoms with Crippen molar-refractivity contribution >= 4 is 23.6 Å². The molecule has 0 aliphatic carbocycles. The van der Waals surface area contributed by atoms with Crippen LogP contribution in [0.5, 0.6) is 5.75 Å². The number of carbonyl (C=O) groups excluding carboxylic acids is 3. The standard InChI is InChI=1S/C34H41N3O5/c1-7-21-37(32(40)29(36-33(41)42-34(4,5)6)22-25-15-19-27(38)20-16-25)30(26-17-13-24(8-2)14-18-26)31(39)35-28-12-10-9-11-23(28)3/h7,9-20,29-30,38H,1,8,21-22H2,2-6H3,(H,35,39)(H,36,41). The summed E-state index contributed by atoms with van der Waals surface area (Å²) in [6.45, 7) is 13.0. The Hall–Kier alpha value is -4.59. The summed E-state index contributed by atoms with van der Waals surface area (Å²) in [6.07, 6.45) is 1.72. The lowest BCUT2D eigenvalue weighted by Crippen LogP contribution is -2.53. The van der Waals surface area contributed by atoms with Crippen LogP contribution in [0.2, 0.25) is 0 Å². The molecule has 0 spiro atoms. The molecule has 3 N–H and O–H groups in total. The molecule has 222 valence electrons. The number of benzene rings is 3. The molecule has 0 heterocycles. The Bertz CT molecular complexity index is 1380. The van der Waals surface area contributed by atoms with Crippen LogP contribution in [-0.4, -0.2) is 46.1 Å². The Kier molecular flexibility index (Phi) is 10.9. The van der Waals surface area contributed by atoms with Crippen LogP contribution >= 0.6 is 0 Å². The summed E-state index contributed by atoms with van der Waals surface area (Å²) in [5.74, 6) is -0.804. The summed E-state index contributed by atoms with van der Waals surface area (Å²) in [6, 6.07) is 19.3. The number of phenols is 1. The summed E-state index contributed by atoms with van der Waals surface area (Å²) >= 11 is 0. The molecule has 2 atom stereocenters. The maximum Gasteiger partial charge on any atom is 0.408 e. The molecule has 0 aromatic heterocycles. The van der Waals surface area contributed by atoms with Gasteiger partial charge in [-0.2, -0.15) is 0 Å². The number of aromatic hydroxyl groups is 1. The third-order valence-corrected chi connectivity index (χ3v) is 6.64. The number of hydrogen-bond acceptors (Lipinski definition) is 5. The predicted octanol–water partition coefficient (Wildman–Crippen LogP) is 6.09. The van der Waals surface area contributed by atoms with Crippen molar-refractivity contribution in [2.24, 2.45) is 0 Å². The Morgan fingerprint density at radius 1 is 0.976 bits per heavy atom. The first-order valence-electron chi connectivity index (χ1n) is 14.1. The van der Waals surface area contributed by atoms with E-state index in [-0.39, 0.29) is 18.7 Å². The fourth-order valence-corrected chi connectivity index (χ4v) is 4.50. The summed E-state index contributed by atoms with van der Waals surface area (Å²) in [5, 5.41) is 15.5. The number of aryl methyl sites for hydroxylation is 2. The van der Waals surface area contributed by atoms with Gasteiger partial charge in [-0.05, 0) is 74.6 Å². The Morgan fingerprint density at radius 2 is 1.60 bits per heavy atom. The van der Waals surface area contributed by atoms with Crippen molar-refractivity contribution in [3.63, 3.8) is 0 Å². The van der Waals surface area contributed by atoms with Crippen molar-refractivity contribution in [3.8, 4) is 5.75 Å². The number of rotatable bonds is 11. The molecular weight excluding hydrogens is 530 g/mol. The highest BCUT2D eigenvalue weighted by atomic mass is 16.6. The average molecular weight is 572 g/mol. The zero-order chi connectivity index (χ0) is 30.9. The van der Waals surface area contributed by atoms with Crippen LogP contribution in [0.25, 0.3) is 0 Å². The first-order chi connectivity index (χ1) is 19.9. The molecule has 8 heteroatoms. The quantitative estimate of drug-likeness (QED) is 0.241. The van der Waals surface area contributed by atoms with E-state index in [0.717, 1.165) is 17.5 Å². The number of anilines is 1. The molecular formula is C34H41N3O5. The number of nitrogens with zero attached hydrogens (tertiary/aromatic N) is 1. The Labute approximate surface area is 248 Å². The van der Waals surface area contributed by atoms with Crippen LogP contribution in [0.1, 0.15) is 56.0 Å². The number of nitrogens with one attached hydrogen (secondary N) is 2. The monoisotopic (exact) mass is 571 g/mol. The van der Waals surface area contributed by atoms with E-state index in [9.17, 15) is 19.5 Å². The van der Waals surface area contributed by atoms with Gasteiger partial charge < -0.3 is 25.4 Å². The number of amides is 3. The number of alkyl carbamates (subject to hydrolysis) is 1. The van der Waals surface area contributed by atoms with Gasteiger partial charge in [0.15, 0.2) is 0 Å². The molecule has 3 rings (SSSR count). The topological polar surface area (TPSA) is 108 Å². The van der Waals surface area contributed by atoms with Gasteiger partial charge in [0, 0.05) is 18.7 Å². The number of phenolic OH excluding ortho intramolecular Hbond substituents is 1. The zero-order valence-corrected chi connectivity index (χ0v) is 25.0. The first kappa shape index (κ1) is 31.9. The molecule has 0 saturated carbocycles. The summed E-state index contributed by atoms with van der Waals surface area (Å²) in [5.41, 5.74) is 3.15. The third kappa shape index (κ3) is 8.96. The van der Waals surface area contributed by atoms with Gasteiger partial charge in [0.25, 0.3) is 5.91 Å². The van der Waals surface area contributed by atoms with E-state index >= 15 is 0 Å². The van der Waals surface area contributed by atoms with Gasteiger partial charge in [-0.25, -0.2) is 4.79 Å². The minimum absolute atomic E-state index is 0.0439. The van der Waals surface area contributed by atoms with Crippen LogP contribution in [0.15, 0.2) is 85.5 Å². The van der Waals surface area contributed by atoms with Crippen LogP contribution < -0.4 is 10.6 Å². The fraction of sp³-hybridized carbons (Fsp3) is 0.324. The smallest absolute Gasteiger partial charge is 0.408 e. The van der Waals surface area contributed by atoms with Gasteiger partial charge in [0.2, 0.25) is 5.91 Å². The van der Waals surface area contributed by atoms with E-state index in [1.54, 1.807) is 39.0 Å². The van der Waals surface area contributed by atoms with E-state index in [1.807, 2.05) is 62.4 Å². The van der Waals surface area contributed by atoms with Gasteiger partial charge in [-0.3, -0.25) is 9.59 Å². The molecule has 3 aromatic rings. The fourth-order valence-electron chi connectivity index (χ4n) is 4.50. The number of hydrogen-bond donors (Lipinski definition) is 3. The van der Waals surface area contributed by atoms with Gasteiger partial charge in [-0.15, -0.1) is 6.58 Å². The van der Waals surface area contributed by atoms with E-state index in [1.165, 1.54) is 17.0 Å². The summed E-state index contributed by atoms with van der Waals surface area (Å²) in [7, 11) is 0. The van der Waals surface area contributed by atoms with E-state index < -0.39 is 35.6 Å². The summed E-state index contributed by atoms with van der Waals surface area (Å²) < 4.78 is 5.46. The molecule has 3 aromatic carbocycles. The van der Waals surface area contributed by atoms with Crippen LogP contribution in [0, 0.1) is 6.92 Å². The normalized spacial score (nSPS) is 12.5. The molecule has 3 amide bonds. The van der Waals surface area contributed by atoms with Crippen molar-refractivity contribution in [1.29, 1.82) is 0 Å². The second-order valence-electron chi connectivity index (χ2n) is 11.2. The lowest BCUT2D eigenvalue weighted by atomic mass is 9.98. The molecule has 8 nitrogen and oxygen atoms in total. The molecule has 0 bridgehead atoms. The lowest BCUT2D eigenvalue weighted by Gasteiger charge is -2.34. The highest BCUT2D eigenvalue weighted by Gasteiger charge is 2.36. The second-order valence-corrected chi connectivity index (χ2v) is 11.2. The van der Waals surface area contributed by atoms with Crippen LogP contribution in [0.3, 0.4) is 0 Å². The SMILES string of the molecule is C=CCN(C(=O)C(Cc1ccc(O)cc1)NC(=O)OC(C)(C)C)C(C(=O)Nc1ccccc1C)c1ccc(CC)cc1. The van der Waals surface area contributed by atoms with E-state index in [2.05, 4.69) is 17.2 Å². The highest BCUT2D eigenvalue weighted by Crippen LogP contribution is 2.27. The van der Waals surface area contributed by atoms with Crippen LogP contribution in [0.4, 0.5) is 10.5 Å². The van der Waals surface area contributed by atoms with Crippen LogP contribution in [-0.2, 0) is 27.2 Å². The molecule has 0 fully saturated rings. The predicted molar refractivity (Wildman–Crippen MR) is 165 cm³/mol. The van der Waals surface area contributed by atoms with Crippen molar-refractivity contribution in [1.82, 2.24) is 10.2 Å². The first-order valence-corrected chi connectivity index (χ1v) is 14.1. The largest absolute Gasteiger partial charge is 0.508 e. The third-order valence-electron chi connectivity index (χ3n) is 6.64. The van der Waals surface area contributed by atoms with Gasteiger partial charge in [0.1, 0.15) is 23.4 Å². The van der Waals surface area contributed by atoms with Crippen molar-refractivity contribution in [3.05, 3.63) is 108 Å².